The Kier molecular flexibility index (Phi) is 4.86. The van der Waals surface area contributed by atoms with Crippen LogP contribution in [-0.2, 0) is 6.42 Å². The molecule has 2 aromatic rings. The molecule has 0 saturated heterocycles. The van der Waals surface area contributed by atoms with Crippen molar-refractivity contribution in [2.24, 2.45) is 0 Å². The maximum Gasteiger partial charge on any atom is 0.161 e. The first-order valence-electron chi connectivity index (χ1n) is 7.00. The number of rotatable bonds is 5. The molecule has 3 nitrogen and oxygen atoms in total. The molecule has 0 heterocycles. The number of aryl methyl sites for hydroxylation is 2. The molecule has 0 bridgehead atoms. The van der Waals surface area contributed by atoms with E-state index in [4.69, 9.17) is 9.47 Å². The minimum absolute atomic E-state index is 0.564. The van der Waals surface area contributed by atoms with Crippen LogP contribution in [0.3, 0.4) is 0 Å². The molecule has 0 aliphatic heterocycles. The van der Waals surface area contributed by atoms with Crippen molar-refractivity contribution in [2.45, 2.75) is 26.4 Å². The minimum atomic E-state index is -0.564. The molecule has 1 N–H and O–H groups in total. The van der Waals surface area contributed by atoms with E-state index in [0.29, 0.717) is 17.9 Å². The predicted octanol–water partition coefficient (Wildman–Crippen LogP) is 3.60. The molecule has 0 aliphatic rings. The standard InChI is InChI=1S/C18H22O3/c1-12-7-13(2)9-14(8-12)10-16(19)15-5-6-17(20-3)18(11-15)21-4/h5-9,11,16,19H,10H2,1-4H3. The maximum atomic E-state index is 10.4. The summed E-state index contributed by atoms with van der Waals surface area (Å²) >= 11 is 0. The average molecular weight is 286 g/mol. The van der Waals surface area contributed by atoms with Crippen molar-refractivity contribution in [3.63, 3.8) is 0 Å². The van der Waals surface area contributed by atoms with E-state index in [-0.39, 0.29) is 0 Å². The number of hydrogen-bond donors (Lipinski definition) is 1. The lowest BCUT2D eigenvalue weighted by atomic mass is 9.98. The lowest BCUT2D eigenvalue weighted by molar-refractivity contribution is 0.178. The monoisotopic (exact) mass is 286 g/mol. The minimum Gasteiger partial charge on any atom is -0.493 e. The van der Waals surface area contributed by atoms with E-state index in [9.17, 15) is 5.11 Å². The summed E-state index contributed by atoms with van der Waals surface area (Å²) in [7, 11) is 3.20. The van der Waals surface area contributed by atoms with Gasteiger partial charge in [0, 0.05) is 6.42 Å². The number of benzene rings is 2. The largest absolute Gasteiger partial charge is 0.493 e. The second kappa shape index (κ2) is 6.64. The van der Waals surface area contributed by atoms with Crippen LogP contribution in [0.2, 0.25) is 0 Å². The van der Waals surface area contributed by atoms with Gasteiger partial charge in [0.15, 0.2) is 11.5 Å². The van der Waals surface area contributed by atoms with Gasteiger partial charge in [-0.3, -0.25) is 0 Å². The average Bonchev–Trinajstić information content (AvgIpc) is 2.45. The highest BCUT2D eigenvalue weighted by molar-refractivity contribution is 5.44. The third kappa shape index (κ3) is 3.76. The summed E-state index contributed by atoms with van der Waals surface area (Å²) in [4.78, 5) is 0. The normalized spacial score (nSPS) is 12.0. The van der Waals surface area contributed by atoms with Crippen LogP contribution >= 0.6 is 0 Å². The van der Waals surface area contributed by atoms with Crippen LogP contribution in [0.15, 0.2) is 36.4 Å². The van der Waals surface area contributed by atoms with Crippen molar-refractivity contribution in [1.82, 2.24) is 0 Å². The molecular weight excluding hydrogens is 264 g/mol. The van der Waals surface area contributed by atoms with Crippen molar-refractivity contribution in [3.05, 3.63) is 58.7 Å². The quantitative estimate of drug-likeness (QED) is 0.912. The van der Waals surface area contributed by atoms with Crippen LogP contribution in [0.5, 0.6) is 11.5 Å². The van der Waals surface area contributed by atoms with Gasteiger partial charge in [0.05, 0.1) is 20.3 Å². The van der Waals surface area contributed by atoms with Crippen molar-refractivity contribution in [3.8, 4) is 11.5 Å². The van der Waals surface area contributed by atoms with Gasteiger partial charge in [-0.05, 0) is 37.1 Å². The van der Waals surface area contributed by atoms with E-state index >= 15 is 0 Å². The highest BCUT2D eigenvalue weighted by atomic mass is 16.5. The number of methoxy groups -OCH3 is 2. The van der Waals surface area contributed by atoms with Gasteiger partial charge < -0.3 is 14.6 Å². The van der Waals surface area contributed by atoms with Gasteiger partial charge >= 0.3 is 0 Å². The first-order valence-corrected chi connectivity index (χ1v) is 7.00. The third-order valence-electron chi connectivity index (χ3n) is 3.50. The first kappa shape index (κ1) is 15.4. The topological polar surface area (TPSA) is 38.7 Å². The molecule has 0 aliphatic carbocycles. The fraction of sp³-hybridized carbons (Fsp3) is 0.333. The summed E-state index contributed by atoms with van der Waals surface area (Å²) in [6, 6.07) is 11.9. The molecule has 0 spiro atoms. The SMILES string of the molecule is COc1ccc(C(O)Cc2cc(C)cc(C)c2)cc1OC. The molecular formula is C18H22O3. The maximum absolute atomic E-state index is 10.4. The molecule has 21 heavy (non-hydrogen) atoms. The predicted molar refractivity (Wildman–Crippen MR) is 84.1 cm³/mol. The van der Waals surface area contributed by atoms with E-state index in [0.717, 1.165) is 11.1 Å². The lowest BCUT2D eigenvalue weighted by Gasteiger charge is -2.15. The van der Waals surface area contributed by atoms with Crippen LogP contribution in [0.25, 0.3) is 0 Å². The van der Waals surface area contributed by atoms with Gasteiger partial charge in [0.2, 0.25) is 0 Å². The van der Waals surface area contributed by atoms with Gasteiger partial charge in [-0.25, -0.2) is 0 Å². The van der Waals surface area contributed by atoms with Crippen LogP contribution in [0, 0.1) is 13.8 Å². The summed E-state index contributed by atoms with van der Waals surface area (Å²) in [6.07, 6.45) is 0.0175. The molecule has 3 heteroatoms. The number of hydrogen-bond acceptors (Lipinski definition) is 3. The van der Waals surface area contributed by atoms with E-state index in [2.05, 4.69) is 32.0 Å². The van der Waals surface area contributed by atoms with Crippen LogP contribution in [-0.4, -0.2) is 19.3 Å². The molecule has 0 radical (unpaired) electrons. The number of aliphatic hydroxyl groups is 1. The second-order valence-corrected chi connectivity index (χ2v) is 5.33. The first-order chi connectivity index (χ1) is 10.0. The smallest absolute Gasteiger partial charge is 0.161 e. The summed E-state index contributed by atoms with van der Waals surface area (Å²) in [5, 5.41) is 10.4. The van der Waals surface area contributed by atoms with Gasteiger partial charge in [-0.2, -0.15) is 0 Å². The Bertz CT molecular complexity index is 600. The van der Waals surface area contributed by atoms with Crippen molar-refractivity contribution in [2.75, 3.05) is 14.2 Å². The van der Waals surface area contributed by atoms with Crippen LogP contribution in [0.1, 0.15) is 28.4 Å². The Morgan fingerprint density at radius 2 is 1.52 bits per heavy atom. The molecule has 2 rings (SSSR count). The molecule has 2 aromatic carbocycles. The van der Waals surface area contributed by atoms with E-state index in [1.165, 1.54) is 11.1 Å². The van der Waals surface area contributed by atoms with Gasteiger partial charge in [-0.15, -0.1) is 0 Å². The Morgan fingerprint density at radius 1 is 0.905 bits per heavy atom. The van der Waals surface area contributed by atoms with E-state index in [1.54, 1.807) is 14.2 Å². The summed E-state index contributed by atoms with van der Waals surface area (Å²) < 4.78 is 10.5. The molecule has 1 atom stereocenters. The third-order valence-corrected chi connectivity index (χ3v) is 3.50. The lowest BCUT2D eigenvalue weighted by Crippen LogP contribution is -2.03. The van der Waals surface area contributed by atoms with E-state index in [1.807, 2.05) is 18.2 Å². The van der Waals surface area contributed by atoms with Crippen molar-refractivity contribution >= 4 is 0 Å². The molecule has 0 aromatic heterocycles. The Balaban J connectivity index is 2.21. The molecule has 0 fully saturated rings. The zero-order chi connectivity index (χ0) is 15.4. The molecule has 0 saturated carbocycles. The molecule has 0 amide bonds. The highest BCUT2D eigenvalue weighted by Crippen LogP contribution is 2.31. The van der Waals surface area contributed by atoms with Crippen molar-refractivity contribution in [1.29, 1.82) is 0 Å². The summed E-state index contributed by atoms with van der Waals surface area (Å²) in [6.45, 7) is 4.14. The summed E-state index contributed by atoms with van der Waals surface area (Å²) in [5.74, 6) is 1.30. The number of ether oxygens (including phenoxy) is 2. The highest BCUT2D eigenvalue weighted by Gasteiger charge is 2.12. The van der Waals surface area contributed by atoms with Gasteiger partial charge in [0.1, 0.15) is 0 Å². The second-order valence-electron chi connectivity index (χ2n) is 5.33. The van der Waals surface area contributed by atoms with E-state index < -0.39 is 6.10 Å². The molecule has 112 valence electrons. The number of aliphatic hydroxyl groups excluding tert-OH is 1. The van der Waals surface area contributed by atoms with Crippen molar-refractivity contribution < 1.29 is 14.6 Å². The Labute approximate surface area is 126 Å². The Morgan fingerprint density at radius 3 is 2.10 bits per heavy atom. The fourth-order valence-electron chi connectivity index (χ4n) is 2.59. The van der Waals surface area contributed by atoms with Crippen LogP contribution < -0.4 is 9.47 Å². The van der Waals surface area contributed by atoms with Gasteiger partial charge in [-0.1, -0.05) is 35.4 Å². The van der Waals surface area contributed by atoms with Crippen LogP contribution in [0.4, 0.5) is 0 Å². The zero-order valence-electron chi connectivity index (χ0n) is 13.0. The fourth-order valence-corrected chi connectivity index (χ4v) is 2.59. The zero-order valence-corrected chi connectivity index (χ0v) is 13.0. The Hall–Kier alpha value is -2.00. The summed E-state index contributed by atoms with van der Waals surface area (Å²) in [5.41, 5.74) is 4.38. The van der Waals surface area contributed by atoms with Gasteiger partial charge in [0.25, 0.3) is 0 Å². The molecule has 1 unspecified atom stereocenters.